The summed E-state index contributed by atoms with van der Waals surface area (Å²) in [5.74, 6) is 0.978. The van der Waals surface area contributed by atoms with Crippen LogP contribution in [0.2, 0.25) is 0 Å². The fraction of sp³-hybridized carbons (Fsp3) is 0.250. The predicted octanol–water partition coefficient (Wildman–Crippen LogP) is 3.36. The van der Waals surface area contributed by atoms with E-state index in [1.165, 1.54) is 0 Å². The molecule has 0 aliphatic rings. The lowest BCUT2D eigenvalue weighted by Crippen LogP contribution is -2.30. The number of para-hydroxylation sites is 2. The Morgan fingerprint density at radius 3 is 2.76 bits per heavy atom. The number of amides is 1. The Balaban J connectivity index is 1.44. The summed E-state index contributed by atoms with van der Waals surface area (Å²) in [6.07, 6.45) is -0.388. The van der Waals surface area contributed by atoms with E-state index in [0.29, 0.717) is 24.5 Å². The van der Waals surface area contributed by atoms with Gasteiger partial charge in [0.05, 0.1) is 0 Å². The zero-order valence-corrected chi connectivity index (χ0v) is 14.1. The van der Waals surface area contributed by atoms with E-state index in [0.717, 1.165) is 16.5 Å². The molecule has 2 aromatic carbocycles. The molecule has 1 aromatic heterocycles. The Morgan fingerprint density at radius 2 is 1.96 bits per heavy atom. The Kier molecular flexibility index (Phi) is 5.36. The van der Waals surface area contributed by atoms with Gasteiger partial charge in [0.1, 0.15) is 23.2 Å². The van der Waals surface area contributed by atoms with Crippen LogP contribution in [0.3, 0.4) is 0 Å². The van der Waals surface area contributed by atoms with E-state index in [4.69, 9.17) is 9.15 Å². The maximum atomic E-state index is 11.8. The van der Waals surface area contributed by atoms with Crippen LogP contribution in [0.1, 0.15) is 23.8 Å². The number of carbonyl (C=O) groups is 1. The Hall–Kier alpha value is -2.79. The summed E-state index contributed by atoms with van der Waals surface area (Å²) in [5.41, 5.74) is 1.72. The lowest BCUT2D eigenvalue weighted by molar-refractivity contribution is -0.123. The summed E-state index contributed by atoms with van der Waals surface area (Å²) in [4.78, 5) is 11.8. The first-order chi connectivity index (χ1) is 12.1. The minimum absolute atomic E-state index is 0.0500. The second-order valence-corrected chi connectivity index (χ2v) is 5.90. The fourth-order valence-electron chi connectivity index (χ4n) is 2.57. The van der Waals surface area contributed by atoms with Gasteiger partial charge in [-0.05, 0) is 37.1 Å². The van der Waals surface area contributed by atoms with Crippen molar-refractivity contribution >= 4 is 16.9 Å². The third-order valence-electron chi connectivity index (χ3n) is 3.97. The van der Waals surface area contributed by atoms with E-state index in [2.05, 4.69) is 5.32 Å². The molecule has 2 N–H and O–H groups in total. The van der Waals surface area contributed by atoms with Crippen LogP contribution < -0.4 is 10.1 Å². The molecule has 5 nitrogen and oxygen atoms in total. The molecule has 1 unspecified atom stereocenters. The van der Waals surface area contributed by atoms with Gasteiger partial charge in [0, 0.05) is 11.9 Å². The zero-order chi connectivity index (χ0) is 17.6. The first-order valence-corrected chi connectivity index (χ1v) is 8.25. The number of ether oxygens (including phenoxy) is 1. The van der Waals surface area contributed by atoms with Crippen LogP contribution in [0.4, 0.5) is 0 Å². The van der Waals surface area contributed by atoms with Gasteiger partial charge in [0.25, 0.3) is 5.91 Å². The molecule has 5 heteroatoms. The standard InChI is InChI=1S/C20H21NO4/c1-14-6-2-4-8-17(14)24-13-20(23)21-11-10-16(22)19-12-15-7-3-5-9-18(15)25-19/h2-9,12,16,22H,10-11,13H2,1H3,(H,21,23). The van der Waals surface area contributed by atoms with Crippen LogP contribution in [0.15, 0.2) is 59.0 Å². The van der Waals surface area contributed by atoms with Gasteiger partial charge in [-0.1, -0.05) is 36.4 Å². The summed E-state index contributed by atoms with van der Waals surface area (Å²) < 4.78 is 11.1. The molecule has 0 aliphatic heterocycles. The van der Waals surface area contributed by atoms with Crippen molar-refractivity contribution in [2.24, 2.45) is 0 Å². The topological polar surface area (TPSA) is 71.7 Å². The molecule has 0 saturated carbocycles. The maximum absolute atomic E-state index is 11.8. The number of aliphatic hydroxyl groups is 1. The van der Waals surface area contributed by atoms with Crippen molar-refractivity contribution < 1.29 is 19.1 Å². The number of fused-ring (bicyclic) bond motifs is 1. The summed E-state index contributed by atoms with van der Waals surface area (Å²) in [5, 5.41) is 13.9. The van der Waals surface area contributed by atoms with E-state index in [-0.39, 0.29) is 12.5 Å². The first-order valence-electron chi connectivity index (χ1n) is 8.25. The zero-order valence-electron chi connectivity index (χ0n) is 14.1. The minimum Gasteiger partial charge on any atom is -0.484 e. The average Bonchev–Trinajstić information content (AvgIpc) is 3.05. The van der Waals surface area contributed by atoms with E-state index in [1.807, 2.05) is 61.5 Å². The molecule has 3 rings (SSSR count). The first kappa shape index (κ1) is 17.0. The lowest BCUT2D eigenvalue weighted by atomic mass is 10.2. The van der Waals surface area contributed by atoms with E-state index < -0.39 is 6.10 Å². The number of hydrogen-bond donors (Lipinski definition) is 2. The highest BCUT2D eigenvalue weighted by molar-refractivity contribution is 5.78. The highest BCUT2D eigenvalue weighted by Gasteiger charge is 2.13. The third kappa shape index (κ3) is 4.39. The van der Waals surface area contributed by atoms with Crippen molar-refractivity contribution in [1.82, 2.24) is 5.32 Å². The normalized spacial score (nSPS) is 12.1. The van der Waals surface area contributed by atoms with Crippen LogP contribution in [0.5, 0.6) is 5.75 Å². The largest absolute Gasteiger partial charge is 0.484 e. The second-order valence-electron chi connectivity index (χ2n) is 5.90. The molecular formula is C20H21NO4. The number of rotatable bonds is 7. The summed E-state index contributed by atoms with van der Waals surface area (Å²) in [6.45, 7) is 2.22. The molecule has 3 aromatic rings. The number of furan rings is 1. The molecule has 1 heterocycles. The van der Waals surface area contributed by atoms with Crippen molar-refractivity contribution in [3.8, 4) is 5.75 Å². The monoisotopic (exact) mass is 339 g/mol. The molecule has 1 atom stereocenters. The van der Waals surface area contributed by atoms with Crippen molar-refractivity contribution in [2.75, 3.05) is 13.2 Å². The maximum Gasteiger partial charge on any atom is 0.257 e. The van der Waals surface area contributed by atoms with Crippen molar-refractivity contribution in [1.29, 1.82) is 0 Å². The van der Waals surface area contributed by atoms with Gasteiger partial charge in [-0.25, -0.2) is 0 Å². The fourth-order valence-corrected chi connectivity index (χ4v) is 2.57. The molecular weight excluding hydrogens is 318 g/mol. The Morgan fingerprint density at radius 1 is 1.20 bits per heavy atom. The minimum atomic E-state index is -0.759. The average molecular weight is 339 g/mol. The molecule has 130 valence electrons. The van der Waals surface area contributed by atoms with Gasteiger partial charge >= 0.3 is 0 Å². The number of nitrogens with one attached hydrogen (secondary N) is 1. The number of aryl methyl sites for hydroxylation is 1. The molecule has 0 spiro atoms. The summed E-state index contributed by atoms with van der Waals surface area (Å²) >= 11 is 0. The van der Waals surface area contributed by atoms with Crippen LogP contribution in [0, 0.1) is 6.92 Å². The Bertz CT molecular complexity index is 823. The highest BCUT2D eigenvalue weighted by atomic mass is 16.5. The molecule has 0 bridgehead atoms. The van der Waals surface area contributed by atoms with Crippen LogP contribution in [0.25, 0.3) is 11.0 Å². The second kappa shape index (κ2) is 7.85. The van der Waals surface area contributed by atoms with Crippen LogP contribution >= 0.6 is 0 Å². The van der Waals surface area contributed by atoms with E-state index in [1.54, 1.807) is 0 Å². The van der Waals surface area contributed by atoms with E-state index >= 15 is 0 Å². The lowest BCUT2D eigenvalue weighted by Gasteiger charge is -2.11. The van der Waals surface area contributed by atoms with E-state index in [9.17, 15) is 9.90 Å². The quantitative estimate of drug-likeness (QED) is 0.692. The van der Waals surface area contributed by atoms with Gasteiger partial charge < -0.3 is 19.6 Å². The predicted molar refractivity (Wildman–Crippen MR) is 95.5 cm³/mol. The third-order valence-corrected chi connectivity index (χ3v) is 3.97. The van der Waals surface area contributed by atoms with Crippen LogP contribution in [-0.4, -0.2) is 24.2 Å². The number of benzene rings is 2. The molecule has 0 aliphatic carbocycles. The van der Waals surface area contributed by atoms with Crippen molar-refractivity contribution in [3.05, 3.63) is 65.9 Å². The smallest absolute Gasteiger partial charge is 0.257 e. The van der Waals surface area contributed by atoms with Crippen molar-refractivity contribution in [2.45, 2.75) is 19.4 Å². The summed E-state index contributed by atoms with van der Waals surface area (Å²) in [6, 6.07) is 17.0. The summed E-state index contributed by atoms with van der Waals surface area (Å²) in [7, 11) is 0. The van der Waals surface area contributed by atoms with Gasteiger partial charge in [-0.3, -0.25) is 4.79 Å². The SMILES string of the molecule is Cc1ccccc1OCC(=O)NCCC(O)c1cc2ccccc2o1. The van der Waals surface area contributed by atoms with Crippen LogP contribution in [-0.2, 0) is 4.79 Å². The van der Waals surface area contributed by atoms with Gasteiger partial charge in [-0.2, -0.15) is 0 Å². The Labute approximate surface area is 146 Å². The van der Waals surface area contributed by atoms with Gasteiger partial charge in [0.2, 0.25) is 0 Å². The highest BCUT2D eigenvalue weighted by Crippen LogP contribution is 2.25. The molecule has 25 heavy (non-hydrogen) atoms. The van der Waals surface area contributed by atoms with Gasteiger partial charge in [0.15, 0.2) is 6.61 Å². The van der Waals surface area contributed by atoms with Gasteiger partial charge in [-0.15, -0.1) is 0 Å². The number of carbonyl (C=O) groups excluding carboxylic acids is 1. The number of aliphatic hydroxyl groups excluding tert-OH is 1. The molecule has 1 amide bonds. The molecule has 0 fully saturated rings. The molecule has 0 radical (unpaired) electrons. The molecule has 0 saturated heterocycles. The number of hydrogen-bond acceptors (Lipinski definition) is 4. The van der Waals surface area contributed by atoms with Crippen molar-refractivity contribution in [3.63, 3.8) is 0 Å².